The molecule has 5 nitrogen and oxygen atoms in total. The molecule has 1 aliphatic heterocycles. The summed E-state index contributed by atoms with van der Waals surface area (Å²) in [7, 11) is 3.09. The molecule has 0 aromatic heterocycles. The van der Waals surface area contributed by atoms with Crippen LogP contribution in [0.5, 0.6) is 11.5 Å². The summed E-state index contributed by atoms with van der Waals surface area (Å²) in [6, 6.07) is 3.41. The number of nitrogens with one attached hydrogen (secondary N) is 1. The van der Waals surface area contributed by atoms with Crippen molar-refractivity contribution in [2.45, 2.75) is 0 Å². The quantitative estimate of drug-likeness (QED) is 0.457. The third kappa shape index (κ3) is 2.66. The number of hydrogen-bond acceptors (Lipinski definition) is 4. The van der Waals surface area contributed by atoms with Gasteiger partial charge in [-0.25, -0.2) is 0 Å². The molecule has 1 saturated heterocycles. The molecule has 2 N–H and O–H groups in total. The Bertz CT molecular complexity index is 601. The molecular formula is C12H11IN2O3S. The summed E-state index contributed by atoms with van der Waals surface area (Å²) in [6.07, 6.45) is 1.67. The highest BCUT2D eigenvalue weighted by Crippen LogP contribution is 2.33. The van der Waals surface area contributed by atoms with E-state index in [0.29, 0.717) is 20.1 Å². The van der Waals surface area contributed by atoms with Gasteiger partial charge in [0.05, 0.1) is 10.7 Å². The number of phenols is 1. The maximum atomic E-state index is 11.9. The van der Waals surface area contributed by atoms with Gasteiger partial charge in [-0.1, -0.05) is 0 Å². The molecule has 1 fully saturated rings. The van der Waals surface area contributed by atoms with Gasteiger partial charge in [-0.2, -0.15) is 0 Å². The van der Waals surface area contributed by atoms with Crippen molar-refractivity contribution in [3.05, 3.63) is 27.0 Å². The molecule has 0 bridgehead atoms. The van der Waals surface area contributed by atoms with Crippen molar-refractivity contribution in [2.75, 3.05) is 14.2 Å². The number of rotatable bonds is 2. The van der Waals surface area contributed by atoms with Crippen LogP contribution in [-0.2, 0) is 4.79 Å². The predicted octanol–water partition coefficient (Wildman–Crippen LogP) is 1.69. The van der Waals surface area contributed by atoms with Crippen LogP contribution in [0.15, 0.2) is 17.8 Å². The number of thiocarbonyl (C=S) groups is 1. The van der Waals surface area contributed by atoms with E-state index in [-0.39, 0.29) is 11.7 Å². The van der Waals surface area contributed by atoms with Crippen molar-refractivity contribution in [1.82, 2.24) is 10.2 Å². The van der Waals surface area contributed by atoms with Crippen LogP contribution >= 0.6 is 34.8 Å². The Morgan fingerprint density at radius 1 is 1.53 bits per heavy atom. The van der Waals surface area contributed by atoms with Gasteiger partial charge in [0, 0.05) is 7.05 Å². The second-order valence-electron chi connectivity index (χ2n) is 3.91. The fourth-order valence-corrected chi connectivity index (χ4v) is 2.44. The molecular weight excluding hydrogens is 379 g/mol. The van der Waals surface area contributed by atoms with Crippen LogP contribution < -0.4 is 10.1 Å². The van der Waals surface area contributed by atoms with E-state index in [1.165, 1.54) is 12.0 Å². The molecule has 1 amide bonds. The van der Waals surface area contributed by atoms with Crippen LogP contribution in [0.2, 0.25) is 0 Å². The van der Waals surface area contributed by atoms with Crippen molar-refractivity contribution < 1.29 is 14.6 Å². The number of phenolic OH excluding ortho intramolecular Hbond substituents is 1. The van der Waals surface area contributed by atoms with Gasteiger partial charge in [-0.15, -0.1) is 0 Å². The molecule has 0 aliphatic carbocycles. The standard InChI is InChI=1S/C12H11IN2O3S/c1-15-11(17)8(14-12(15)19)4-6-3-7(13)10(16)9(5-6)18-2/h3-5,16H,1-2H3,(H,14,19)/b8-4+. The fraction of sp³-hybridized carbons (Fsp3) is 0.167. The molecule has 100 valence electrons. The lowest BCUT2D eigenvalue weighted by Crippen LogP contribution is -2.25. The normalized spacial score (nSPS) is 17.0. The van der Waals surface area contributed by atoms with Crippen LogP contribution in [0, 0.1) is 3.57 Å². The lowest BCUT2D eigenvalue weighted by atomic mass is 10.1. The van der Waals surface area contributed by atoms with E-state index in [2.05, 4.69) is 5.32 Å². The topological polar surface area (TPSA) is 61.8 Å². The number of halogens is 1. The number of amides is 1. The number of nitrogens with zero attached hydrogens (tertiary/aromatic N) is 1. The zero-order valence-electron chi connectivity index (χ0n) is 10.2. The first-order chi connectivity index (χ1) is 8.93. The van der Waals surface area contributed by atoms with Crippen molar-refractivity contribution in [1.29, 1.82) is 0 Å². The van der Waals surface area contributed by atoms with Crippen molar-refractivity contribution >= 4 is 51.9 Å². The summed E-state index contributed by atoms with van der Waals surface area (Å²) < 4.78 is 5.72. The monoisotopic (exact) mass is 390 g/mol. The number of ether oxygens (including phenoxy) is 1. The summed E-state index contributed by atoms with van der Waals surface area (Å²) >= 11 is 6.99. The van der Waals surface area contributed by atoms with Gasteiger partial charge >= 0.3 is 0 Å². The summed E-state index contributed by atoms with van der Waals surface area (Å²) in [5.74, 6) is 0.260. The van der Waals surface area contributed by atoms with Crippen LogP contribution in [0.1, 0.15) is 5.56 Å². The third-order valence-corrected chi connectivity index (χ3v) is 3.86. The maximum Gasteiger partial charge on any atom is 0.276 e. The lowest BCUT2D eigenvalue weighted by Gasteiger charge is -2.07. The fourth-order valence-electron chi connectivity index (χ4n) is 1.62. The number of carbonyl (C=O) groups excluding carboxylic acids is 1. The second-order valence-corrected chi connectivity index (χ2v) is 5.45. The number of carbonyl (C=O) groups is 1. The van der Waals surface area contributed by atoms with Crippen molar-refractivity contribution in [3.63, 3.8) is 0 Å². The first-order valence-electron chi connectivity index (χ1n) is 5.31. The Balaban J connectivity index is 2.42. The highest BCUT2D eigenvalue weighted by molar-refractivity contribution is 14.1. The first kappa shape index (κ1) is 14.1. The largest absolute Gasteiger partial charge is 0.504 e. The van der Waals surface area contributed by atoms with Gasteiger partial charge in [-0.3, -0.25) is 9.69 Å². The number of benzene rings is 1. The Morgan fingerprint density at radius 2 is 2.21 bits per heavy atom. The van der Waals surface area contributed by atoms with Gasteiger partial charge in [-0.05, 0) is 58.6 Å². The first-order valence-corrected chi connectivity index (χ1v) is 6.80. The lowest BCUT2D eigenvalue weighted by molar-refractivity contribution is -0.121. The number of hydrogen-bond donors (Lipinski definition) is 2. The molecule has 7 heteroatoms. The van der Waals surface area contributed by atoms with Gasteiger partial charge in [0.2, 0.25) is 0 Å². The SMILES string of the molecule is COc1cc(/C=C2/NC(=S)N(C)C2=O)cc(I)c1O. The molecule has 19 heavy (non-hydrogen) atoms. The molecule has 1 heterocycles. The minimum absolute atomic E-state index is 0.0867. The Hall–Kier alpha value is -1.35. The summed E-state index contributed by atoms with van der Waals surface area (Å²) in [6.45, 7) is 0. The number of likely N-dealkylation sites (N-methyl/N-ethyl adjacent to an activating group) is 1. The van der Waals surface area contributed by atoms with Gasteiger partial charge in [0.15, 0.2) is 16.6 Å². The molecule has 0 atom stereocenters. The number of methoxy groups -OCH3 is 1. The molecule has 0 radical (unpaired) electrons. The Kier molecular flexibility index (Phi) is 3.95. The zero-order chi connectivity index (χ0) is 14.2. The van der Waals surface area contributed by atoms with Crippen molar-refractivity contribution in [2.24, 2.45) is 0 Å². The molecule has 0 saturated carbocycles. The molecule has 1 aromatic rings. The third-order valence-electron chi connectivity index (χ3n) is 2.66. The molecule has 1 aromatic carbocycles. The zero-order valence-corrected chi connectivity index (χ0v) is 13.2. The van der Waals surface area contributed by atoms with E-state index in [9.17, 15) is 9.90 Å². The van der Waals surface area contributed by atoms with E-state index in [1.807, 2.05) is 22.6 Å². The summed E-state index contributed by atoms with van der Waals surface area (Å²) in [4.78, 5) is 13.2. The van der Waals surface area contributed by atoms with Gasteiger partial charge in [0.25, 0.3) is 5.91 Å². The van der Waals surface area contributed by atoms with Gasteiger partial charge in [0.1, 0.15) is 5.70 Å². The minimum Gasteiger partial charge on any atom is -0.504 e. The molecule has 2 rings (SSSR count). The molecule has 1 aliphatic rings. The summed E-state index contributed by atoms with van der Waals surface area (Å²) in [5.41, 5.74) is 1.14. The average Bonchev–Trinajstić information content (AvgIpc) is 2.61. The predicted molar refractivity (Wildman–Crippen MR) is 83.9 cm³/mol. The molecule has 0 unspecified atom stereocenters. The minimum atomic E-state index is -0.188. The smallest absolute Gasteiger partial charge is 0.276 e. The van der Waals surface area contributed by atoms with E-state index in [1.54, 1.807) is 25.3 Å². The van der Waals surface area contributed by atoms with Crippen LogP contribution in [0.4, 0.5) is 0 Å². The van der Waals surface area contributed by atoms with Crippen molar-refractivity contribution in [3.8, 4) is 11.5 Å². The number of aromatic hydroxyl groups is 1. The van der Waals surface area contributed by atoms with Crippen LogP contribution in [0.25, 0.3) is 6.08 Å². The van der Waals surface area contributed by atoms with E-state index in [4.69, 9.17) is 17.0 Å². The van der Waals surface area contributed by atoms with E-state index in [0.717, 1.165) is 5.56 Å². The van der Waals surface area contributed by atoms with E-state index < -0.39 is 0 Å². The highest BCUT2D eigenvalue weighted by atomic mass is 127. The van der Waals surface area contributed by atoms with Crippen LogP contribution in [0.3, 0.4) is 0 Å². The average molecular weight is 390 g/mol. The van der Waals surface area contributed by atoms with Gasteiger partial charge < -0.3 is 15.2 Å². The maximum absolute atomic E-state index is 11.9. The van der Waals surface area contributed by atoms with E-state index >= 15 is 0 Å². The van der Waals surface area contributed by atoms with Crippen LogP contribution in [-0.4, -0.2) is 35.2 Å². The molecule has 0 spiro atoms. The highest BCUT2D eigenvalue weighted by Gasteiger charge is 2.27. The Morgan fingerprint density at radius 3 is 2.74 bits per heavy atom. The second kappa shape index (κ2) is 5.33. The summed E-state index contributed by atoms with van der Waals surface area (Å²) in [5, 5.41) is 13.0. The Labute approximate surface area is 129 Å².